The Labute approximate surface area is 102 Å². The third-order valence-electron chi connectivity index (χ3n) is 2.88. The molecule has 1 aliphatic carbocycles. The summed E-state index contributed by atoms with van der Waals surface area (Å²) in [7, 11) is 0. The molecule has 16 heavy (non-hydrogen) atoms. The Balaban J connectivity index is 2.05. The molecule has 3 heteroatoms. The molecule has 0 unspecified atom stereocenters. The van der Waals surface area contributed by atoms with Gasteiger partial charge in [0.05, 0.1) is 10.7 Å². The van der Waals surface area contributed by atoms with E-state index in [1.54, 1.807) is 0 Å². The van der Waals surface area contributed by atoms with Gasteiger partial charge in [0.25, 0.3) is 0 Å². The SMILES string of the molecule is C=CCN(Cc1ccc(N)c(Cl)c1)C1CC1. The minimum absolute atomic E-state index is 0.645. The number of hydrogen-bond donors (Lipinski definition) is 1. The Morgan fingerprint density at radius 3 is 2.81 bits per heavy atom. The van der Waals surface area contributed by atoms with E-state index < -0.39 is 0 Å². The predicted molar refractivity (Wildman–Crippen MR) is 69.5 cm³/mol. The Morgan fingerprint density at radius 2 is 2.25 bits per heavy atom. The molecule has 0 spiro atoms. The maximum Gasteiger partial charge on any atom is 0.0638 e. The summed E-state index contributed by atoms with van der Waals surface area (Å²) < 4.78 is 0. The number of halogens is 1. The molecule has 1 aliphatic rings. The summed E-state index contributed by atoms with van der Waals surface area (Å²) in [6, 6.07) is 6.60. The van der Waals surface area contributed by atoms with E-state index in [1.807, 2.05) is 24.3 Å². The van der Waals surface area contributed by atoms with Crippen LogP contribution in [0.4, 0.5) is 5.69 Å². The third kappa shape index (κ3) is 2.77. The molecule has 2 nitrogen and oxygen atoms in total. The second-order valence-corrected chi connectivity index (χ2v) is 4.71. The summed E-state index contributed by atoms with van der Waals surface area (Å²) in [5.74, 6) is 0. The molecule has 1 saturated carbocycles. The summed E-state index contributed by atoms with van der Waals surface area (Å²) in [5.41, 5.74) is 7.55. The van der Waals surface area contributed by atoms with Crippen molar-refractivity contribution in [1.82, 2.24) is 4.90 Å². The summed E-state index contributed by atoms with van der Waals surface area (Å²) in [6.07, 6.45) is 4.56. The number of nitrogens with zero attached hydrogens (tertiary/aromatic N) is 1. The van der Waals surface area contributed by atoms with Crippen molar-refractivity contribution in [2.24, 2.45) is 0 Å². The van der Waals surface area contributed by atoms with Crippen LogP contribution >= 0.6 is 11.6 Å². The third-order valence-corrected chi connectivity index (χ3v) is 3.20. The van der Waals surface area contributed by atoms with Gasteiger partial charge in [-0.3, -0.25) is 4.90 Å². The van der Waals surface area contributed by atoms with Crippen LogP contribution in [-0.2, 0) is 6.54 Å². The number of anilines is 1. The molecule has 0 heterocycles. The van der Waals surface area contributed by atoms with E-state index in [2.05, 4.69) is 11.5 Å². The number of hydrogen-bond acceptors (Lipinski definition) is 2. The zero-order chi connectivity index (χ0) is 11.5. The minimum Gasteiger partial charge on any atom is -0.398 e. The lowest BCUT2D eigenvalue weighted by Gasteiger charge is -2.20. The van der Waals surface area contributed by atoms with Gasteiger partial charge in [-0.2, -0.15) is 0 Å². The topological polar surface area (TPSA) is 29.3 Å². The number of nitrogens with two attached hydrogens (primary N) is 1. The van der Waals surface area contributed by atoms with Gasteiger partial charge in [0.2, 0.25) is 0 Å². The smallest absolute Gasteiger partial charge is 0.0638 e. The lowest BCUT2D eigenvalue weighted by atomic mass is 10.2. The van der Waals surface area contributed by atoms with Crippen molar-refractivity contribution in [2.45, 2.75) is 25.4 Å². The van der Waals surface area contributed by atoms with Gasteiger partial charge in [-0.25, -0.2) is 0 Å². The monoisotopic (exact) mass is 236 g/mol. The van der Waals surface area contributed by atoms with Gasteiger partial charge in [-0.05, 0) is 30.5 Å². The van der Waals surface area contributed by atoms with Crippen molar-refractivity contribution < 1.29 is 0 Å². The van der Waals surface area contributed by atoms with Crippen LogP contribution in [-0.4, -0.2) is 17.5 Å². The van der Waals surface area contributed by atoms with E-state index in [4.69, 9.17) is 17.3 Å². The fraction of sp³-hybridized carbons (Fsp3) is 0.385. The molecule has 86 valence electrons. The average molecular weight is 237 g/mol. The molecule has 0 saturated heterocycles. The number of nitrogen functional groups attached to an aromatic ring is 1. The van der Waals surface area contributed by atoms with Gasteiger partial charge in [0.1, 0.15) is 0 Å². The largest absolute Gasteiger partial charge is 0.398 e. The molecule has 0 aromatic heterocycles. The van der Waals surface area contributed by atoms with Gasteiger partial charge in [0, 0.05) is 19.1 Å². The van der Waals surface area contributed by atoms with Gasteiger partial charge in [0.15, 0.2) is 0 Å². The first kappa shape index (κ1) is 11.5. The standard InChI is InChI=1S/C13H17ClN2/c1-2-7-16(11-4-5-11)9-10-3-6-13(15)12(14)8-10/h2-3,6,8,11H,1,4-5,7,9,15H2. The predicted octanol–water partition coefficient (Wildman–Crippen LogP) is 3.07. The molecule has 2 N–H and O–H groups in total. The van der Waals surface area contributed by atoms with E-state index in [9.17, 15) is 0 Å². The fourth-order valence-corrected chi connectivity index (χ4v) is 2.05. The Hall–Kier alpha value is -0.990. The van der Waals surface area contributed by atoms with E-state index >= 15 is 0 Å². The summed E-state index contributed by atoms with van der Waals surface area (Å²) in [4.78, 5) is 2.43. The number of benzene rings is 1. The molecule has 0 bridgehead atoms. The molecular formula is C13H17ClN2. The van der Waals surface area contributed by atoms with Gasteiger partial charge >= 0.3 is 0 Å². The first-order valence-electron chi connectivity index (χ1n) is 5.59. The highest BCUT2D eigenvalue weighted by atomic mass is 35.5. The number of rotatable bonds is 5. The highest BCUT2D eigenvalue weighted by Gasteiger charge is 2.27. The molecule has 1 fully saturated rings. The second-order valence-electron chi connectivity index (χ2n) is 4.31. The molecular weight excluding hydrogens is 220 g/mol. The molecule has 0 aliphatic heterocycles. The minimum atomic E-state index is 0.645. The van der Waals surface area contributed by atoms with Gasteiger partial charge < -0.3 is 5.73 Å². The van der Waals surface area contributed by atoms with Crippen molar-refractivity contribution in [3.63, 3.8) is 0 Å². The van der Waals surface area contributed by atoms with Crippen LogP contribution in [0.2, 0.25) is 5.02 Å². The van der Waals surface area contributed by atoms with Crippen LogP contribution in [0.3, 0.4) is 0 Å². The van der Waals surface area contributed by atoms with Crippen molar-refractivity contribution in [2.75, 3.05) is 12.3 Å². The summed E-state index contributed by atoms with van der Waals surface area (Å²) in [5, 5.41) is 0.645. The van der Waals surface area contributed by atoms with E-state index in [0.717, 1.165) is 19.1 Å². The van der Waals surface area contributed by atoms with E-state index in [0.29, 0.717) is 10.7 Å². The molecule has 2 rings (SSSR count). The Bertz CT molecular complexity index is 386. The zero-order valence-electron chi connectivity index (χ0n) is 9.32. The maximum absolute atomic E-state index is 6.01. The second kappa shape index (κ2) is 4.89. The van der Waals surface area contributed by atoms with Crippen LogP contribution in [0.15, 0.2) is 30.9 Å². The molecule has 0 atom stereocenters. The van der Waals surface area contributed by atoms with Crippen molar-refractivity contribution >= 4 is 17.3 Å². The van der Waals surface area contributed by atoms with Crippen molar-refractivity contribution in [3.05, 3.63) is 41.4 Å². The first-order chi connectivity index (χ1) is 7.70. The lowest BCUT2D eigenvalue weighted by Crippen LogP contribution is -2.25. The highest BCUT2D eigenvalue weighted by Crippen LogP contribution is 2.29. The van der Waals surface area contributed by atoms with Crippen molar-refractivity contribution in [3.8, 4) is 0 Å². The molecule has 1 aromatic rings. The fourth-order valence-electron chi connectivity index (χ4n) is 1.85. The van der Waals surface area contributed by atoms with Crippen molar-refractivity contribution in [1.29, 1.82) is 0 Å². The van der Waals surface area contributed by atoms with E-state index in [-0.39, 0.29) is 0 Å². The lowest BCUT2D eigenvalue weighted by molar-refractivity contribution is 0.284. The normalized spacial score (nSPS) is 15.4. The van der Waals surface area contributed by atoms with Crippen LogP contribution in [0.25, 0.3) is 0 Å². The summed E-state index contributed by atoms with van der Waals surface area (Å²) >= 11 is 6.01. The average Bonchev–Trinajstić information content (AvgIpc) is 3.06. The van der Waals surface area contributed by atoms with Crippen LogP contribution in [0, 0.1) is 0 Å². The Morgan fingerprint density at radius 1 is 1.50 bits per heavy atom. The van der Waals surface area contributed by atoms with Gasteiger partial charge in [-0.15, -0.1) is 6.58 Å². The van der Waals surface area contributed by atoms with Crippen LogP contribution in [0.5, 0.6) is 0 Å². The quantitative estimate of drug-likeness (QED) is 0.629. The maximum atomic E-state index is 6.01. The molecule has 0 amide bonds. The molecule has 0 radical (unpaired) electrons. The summed E-state index contributed by atoms with van der Waals surface area (Å²) in [6.45, 7) is 5.66. The zero-order valence-corrected chi connectivity index (χ0v) is 10.1. The highest BCUT2D eigenvalue weighted by molar-refractivity contribution is 6.33. The van der Waals surface area contributed by atoms with Crippen LogP contribution in [0.1, 0.15) is 18.4 Å². The Kier molecular flexibility index (Phi) is 3.52. The van der Waals surface area contributed by atoms with Crippen LogP contribution < -0.4 is 5.73 Å². The van der Waals surface area contributed by atoms with E-state index in [1.165, 1.54) is 18.4 Å². The molecule has 1 aromatic carbocycles. The first-order valence-corrected chi connectivity index (χ1v) is 5.97. The van der Waals surface area contributed by atoms with Gasteiger partial charge in [-0.1, -0.05) is 23.7 Å².